The molecule has 2 N–H and O–H groups in total. The molecule has 0 fully saturated rings. The topological polar surface area (TPSA) is 53.1 Å². The van der Waals surface area contributed by atoms with Crippen LogP contribution >= 0.6 is 0 Å². The van der Waals surface area contributed by atoms with E-state index < -0.39 is 0 Å². The predicted molar refractivity (Wildman–Crippen MR) is 83.2 cm³/mol. The van der Waals surface area contributed by atoms with E-state index in [4.69, 9.17) is 15.5 Å². The number of nitrogens with zero attached hydrogens (tertiary/aromatic N) is 2. The zero-order valence-corrected chi connectivity index (χ0v) is 12.9. The third-order valence-electron chi connectivity index (χ3n) is 3.86. The average Bonchev–Trinajstić information content (AvgIpc) is 2.75. The molecule has 20 heavy (non-hydrogen) atoms. The van der Waals surface area contributed by atoms with Gasteiger partial charge in [-0.15, -0.1) is 0 Å². The van der Waals surface area contributed by atoms with Crippen molar-refractivity contribution in [3.05, 3.63) is 24.0 Å². The summed E-state index contributed by atoms with van der Waals surface area (Å²) in [7, 11) is 3.76. The average molecular weight is 275 g/mol. The molecule has 2 aromatic rings. The maximum atomic E-state index is 5.81. The Labute approximate surface area is 120 Å². The standard InChI is InChI=1S/C16H25N3O/c1-11(6-5-7-12(2)17)16-18-14-10-13(20-4)8-9-15(14)19(16)3/h8-12H,5-7,17H2,1-4H3. The van der Waals surface area contributed by atoms with Gasteiger partial charge in [-0.25, -0.2) is 4.98 Å². The molecule has 0 radical (unpaired) electrons. The van der Waals surface area contributed by atoms with Gasteiger partial charge in [0, 0.05) is 25.1 Å². The molecular weight excluding hydrogens is 250 g/mol. The highest BCUT2D eigenvalue weighted by molar-refractivity contribution is 5.77. The van der Waals surface area contributed by atoms with Gasteiger partial charge >= 0.3 is 0 Å². The molecular formula is C16H25N3O. The van der Waals surface area contributed by atoms with Gasteiger partial charge in [0.25, 0.3) is 0 Å². The lowest BCUT2D eigenvalue weighted by Crippen LogP contribution is -2.14. The largest absolute Gasteiger partial charge is 0.497 e. The van der Waals surface area contributed by atoms with Gasteiger partial charge in [-0.2, -0.15) is 0 Å². The fraction of sp³-hybridized carbons (Fsp3) is 0.562. The molecule has 1 heterocycles. The van der Waals surface area contributed by atoms with Gasteiger partial charge in [-0.1, -0.05) is 13.3 Å². The molecule has 1 aromatic heterocycles. The van der Waals surface area contributed by atoms with Crippen molar-refractivity contribution in [3.63, 3.8) is 0 Å². The molecule has 0 amide bonds. The fourth-order valence-corrected chi connectivity index (χ4v) is 2.64. The Balaban J connectivity index is 2.19. The van der Waals surface area contributed by atoms with Gasteiger partial charge in [-0.3, -0.25) is 0 Å². The summed E-state index contributed by atoms with van der Waals surface area (Å²) in [5.74, 6) is 2.43. The smallest absolute Gasteiger partial charge is 0.121 e. The van der Waals surface area contributed by atoms with Crippen LogP contribution in [0.4, 0.5) is 0 Å². The van der Waals surface area contributed by atoms with Crippen LogP contribution in [0.3, 0.4) is 0 Å². The SMILES string of the molecule is COc1ccc2c(c1)nc(C(C)CCCC(C)N)n2C. The quantitative estimate of drug-likeness (QED) is 0.880. The summed E-state index contributed by atoms with van der Waals surface area (Å²) in [6.07, 6.45) is 3.34. The Morgan fingerprint density at radius 3 is 2.70 bits per heavy atom. The Kier molecular flexibility index (Phi) is 4.65. The lowest BCUT2D eigenvalue weighted by atomic mass is 10.0. The maximum absolute atomic E-state index is 5.81. The number of benzene rings is 1. The molecule has 0 spiro atoms. The molecule has 2 unspecified atom stereocenters. The second-order valence-corrected chi connectivity index (χ2v) is 5.69. The van der Waals surface area contributed by atoms with Crippen LogP contribution in [-0.4, -0.2) is 22.7 Å². The molecule has 2 atom stereocenters. The van der Waals surface area contributed by atoms with Crippen molar-refractivity contribution in [2.24, 2.45) is 12.8 Å². The van der Waals surface area contributed by atoms with E-state index in [1.807, 2.05) is 12.1 Å². The number of ether oxygens (including phenoxy) is 1. The van der Waals surface area contributed by atoms with E-state index in [0.717, 1.165) is 41.9 Å². The molecule has 0 aliphatic carbocycles. The van der Waals surface area contributed by atoms with Gasteiger partial charge < -0.3 is 15.0 Å². The first kappa shape index (κ1) is 14.9. The molecule has 0 aliphatic heterocycles. The van der Waals surface area contributed by atoms with Gasteiger partial charge in [0.15, 0.2) is 0 Å². The van der Waals surface area contributed by atoms with E-state index in [9.17, 15) is 0 Å². The van der Waals surface area contributed by atoms with Crippen LogP contribution < -0.4 is 10.5 Å². The molecule has 0 aliphatic rings. The lowest BCUT2D eigenvalue weighted by Gasteiger charge is -2.12. The van der Waals surface area contributed by atoms with E-state index in [0.29, 0.717) is 5.92 Å². The van der Waals surface area contributed by atoms with Gasteiger partial charge in [-0.05, 0) is 31.9 Å². The number of imidazole rings is 1. The maximum Gasteiger partial charge on any atom is 0.121 e. The first-order valence-corrected chi connectivity index (χ1v) is 7.29. The molecule has 0 saturated heterocycles. The van der Waals surface area contributed by atoms with E-state index in [1.54, 1.807) is 7.11 Å². The van der Waals surface area contributed by atoms with Crippen molar-refractivity contribution in [1.82, 2.24) is 9.55 Å². The minimum absolute atomic E-state index is 0.284. The Morgan fingerprint density at radius 1 is 1.30 bits per heavy atom. The van der Waals surface area contributed by atoms with Crippen molar-refractivity contribution >= 4 is 11.0 Å². The van der Waals surface area contributed by atoms with E-state index in [-0.39, 0.29) is 6.04 Å². The van der Waals surface area contributed by atoms with E-state index in [2.05, 4.69) is 31.5 Å². The fourth-order valence-electron chi connectivity index (χ4n) is 2.64. The summed E-state index contributed by atoms with van der Waals surface area (Å²) in [5, 5.41) is 0. The summed E-state index contributed by atoms with van der Waals surface area (Å²) in [5.41, 5.74) is 7.96. The monoisotopic (exact) mass is 275 g/mol. The number of hydrogen-bond acceptors (Lipinski definition) is 3. The lowest BCUT2D eigenvalue weighted by molar-refractivity contribution is 0.415. The highest BCUT2D eigenvalue weighted by Crippen LogP contribution is 2.26. The third kappa shape index (κ3) is 3.12. The molecule has 2 rings (SSSR count). The normalized spacial score (nSPS) is 14.4. The van der Waals surface area contributed by atoms with E-state index in [1.165, 1.54) is 0 Å². The number of aromatic nitrogens is 2. The summed E-state index contributed by atoms with van der Waals surface area (Å²) in [6.45, 7) is 4.30. The summed E-state index contributed by atoms with van der Waals surface area (Å²) < 4.78 is 7.45. The van der Waals surface area contributed by atoms with Crippen LogP contribution in [0.2, 0.25) is 0 Å². The highest BCUT2D eigenvalue weighted by Gasteiger charge is 2.15. The number of rotatable bonds is 6. The van der Waals surface area contributed by atoms with Crippen molar-refractivity contribution < 1.29 is 4.74 Å². The predicted octanol–water partition coefficient (Wildman–Crippen LogP) is 3.20. The van der Waals surface area contributed by atoms with Gasteiger partial charge in [0.05, 0.1) is 18.1 Å². The second kappa shape index (κ2) is 6.27. The molecule has 1 aromatic carbocycles. The number of hydrogen-bond donors (Lipinski definition) is 1. The summed E-state index contributed by atoms with van der Waals surface area (Å²) in [4.78, 5) is 4.77. The molecule has 110 valence electrons. The molecule has 0 saturated carbocycles. The van der Waals surface area contributed by atoms with Crippen molar-refractivity contribution in [1.29, 1.82) is 0 Å². The summed E-state index contributed by atoms with van der Waals surface area (Å²) >= 11 is 0. The first-order chi connectivity index (χ1) is 9.52. The minimum atomic E-state index is 0.284. The molecule has 4 nitrogen and oxygen atoms in total. The van der Waals surface area contributed by atoms with E-state index >= 15 is 0 Å². The van der Waals surface area contributed by atoms with Crippen LogP contribution in [0.5, 0.6) is 5.75 Å². The third-order valence-corrected chi connectivity index (χ3v) is 3.86. The van der Waals surface area contributed by atoms with Crippen molar-refractivity contribution in [2.75, 3.05) is 7.11 Å². The zero-order chi connectivity index (χ0) is 14.7. The number of fused-ring (bicyclic) bond motifs is 1. The summed E-state index contributed by atoms with van der Waals surface area (Å²) in [6, 6.07) is 6.33. The Bertz CT molecular complexity index is 574. The van der Waals surface area contributed by atoms with Crippen molar-refractivity contribution in [3.8, 4) is 5.75 Å². The van der Waals surface area contributed by atoms with Crippen LogP contribution in [0, 0.1) is 0 Å². The highest BCUT2D eigenvalue weighted by atomic mass is 16.5. The van der Waals surface area contributed by atoms with Gasteiger partial charge in [0.1, 0.15) is 11.6 Å². The Hall–Kier alpha value is -1.55. The molecule has 4 heteroatoms. The second-order valence-electron chi connectivity index (χ2n) is 5.69. The number of aryl methyl sites for hydroxylation is 1. The van der Waals surface area contributed by atoms with Crippen LogP contribution in [0.15, 0.2) is 18.2 Å². The Morgan fingerprint density at radius 2 is 2.05 bits per heavy atom. The van der Waals surface area contributed by atoms with Gasteiger partial charge in [0.2, 0.25) is 0 Å². The first-order valence-electron chi connectivity index (χ1n) is 7.29. The number of methoxy groups -OCH3 is 1. The molecule has 0 bridgehead atoms. The van der Waals surface area contributed by atoms with Crippen LogP contribution in [0.1, 0.15) is 44.9 Å². The van der Waals surface area contributed by atoms with Crippen LogP contribution in [-0.2, 0) is 7.05 Å². The zero-order valence-electron chi connectivity index (χ0n) is 12.9. The van der Waals surface area contributed by atoms with Crippen molar-refractivity contribution in [2.45, 2.75) is 45.1 Å². The van der Waals surface area contributed by atoms with Crippen LogP contribution in [0.25, 0.3) is 11.0 Å². The minimum Gasteiger partial charge on any atom is -0.497 e. The number of nitrogens with two attached hydrogens (primary N) is 1.